The van der Waals surface area contributed by atoms with Crippen LogP contribution in [-0.4, -0.2) is 24.4 Å². The number of imide groups is 1. The smallest absolute Gasteiger partial charge is 0.343 e. The van der Waals surface area contributed by atoms with E-state index in [1.54, 1.807) is 48.5 Å². The van der Waals surface area contributed by atoms with Gasteiger partial charge in [0.05, 0.1) is 29.7 Å². The Kier molecular flexibility index (Phi) is 5.05. The van der Waals surface area contributed by atoms with Crippen LogP contribution in [0.1, 0.15) is 36.5 Å². The normalized spacial score (nSPS) is 30.2. The zero-order valence-electron chi connectivity index (χ0n) is 19.1. The molecule has 174 valence electrons. The molecule has 6 nitrogen and oxygen atoms in total. The van der Waals surface area contributed by atoms with E-state index in [0.717, 1.165) is 25.0 Å². The van der Waals surface area contributed by atoms with E-state index in [4.69, 9.17) is 9.47 Å². The van der Waals surface area contributed by atoms with Gasteiger partial charge in [0, 0.05) is 0 Å². The third-order valence-electron chi connectivity index (χ3n) is 7.82. The monoisotopic (exact) mass is 457 g/mol. The molecule has 2 bridgehead atoms. The van der Waals surface area contributed by atoms with Gasteiger partial charge in [-0.15, -0.1) is 0 Å². The lowest BCUT2D eigenvalue weighted by Gasteiger charge is -2.37. The van der Waals surface area contributed by atoms with Crippen LogP contribution in [0.2, 0.25) is 0 Å². The number of benzene rings is 2. The summed E-state index contributed by atoms with van der Waals surface area (Å²) in [6.45, 7) is 2.76. The summed E-state index contributed by atoms with van der Waals surface area (Å²) in [4.78, 5) is 40.4. The molecule has 2 amide bonds. The van der Waals surface area contributed by atoms with Crippen molar-refractivity contribution >= 4 is 23.5 Å². The van der Waals surface area contributed by atoms with Gasteiger partial charge in [0.15, 0.2) is 0 Å². The largest absolute Gasteiger partial charge is 0.494 e. The minimum atomic E-state index is -0.499. The summed E-state index contributed by atoms with van der Waals surface area (Å²) < 4.78 is 11.1. The van der Waals surface area contributed by atoms with E-state index in [1.807, 2.05) is 0 Å². The van der Waals surface area contributed by atoms with Crippen molar-refractivity contribution in [1.29, 1.82) is 0 Å². The highest BCUT2D eigenvalue weighted by Crippen LogP contribution is 2.65. The lowest BCUT2D eigenvalue weighted by Crippen LogP contribution is -2.40. The Balaban J connectivity index is 1.13. The minimum Gasteiger partial charge on any atom is -0.494 e. The van der Waals surface area contributed by atoms with Crippen molar-refractivity contribution in [3.63, 3.8) is 0 Å². The van der Waals surface area contributed by atoms with Gasteiger partial charge in [0.2, 0.25) is 11.8 Å². The van der Waals surface area contributed by atoms with Crippen LogP contribution in [0.25, 0.3) is 0 Å². The van der Waals surface area contributed by atoms with Gasteiger partial charge in [-0.05, 0) is 85.0 Å². The Labute approximate surface area is 198 Å². The molecule has 3 fully saturated rings. The fraction of sp³-hybridized carbons (Fsp3) is 0.393. The van der Waals surface area contributed by atoms with Crippen LogP contribution in [0.3, 0.4) is 0 Å². The van der Waals surface area contributed by atoms with Gasteiger partial charge >= 0.3 is 5.97 Å². The molecule has 4 aliphatic carbocycles. The van der Waals surface area contributed by atoms with Crippen LogP contribution in [-0.2, 0) is 9.59 Å². The summed E-state index contributed by atoms with van der Waals surface area (Å²) in [5, 5.41) is 0. The zero-order valence-corrected chi connectivity index (χ0v) is 19.1. The molecular weight excluding hydrogens is 430 g/mol. The molecule has 1 heterocycles. The summed E-state index contributed by atoms with van der Waals surface area (Å²) in [6.07, 6.45) is 7.52. The van der Waals surface area contributed by atoms with E-state index in [0.29, 0.717) is 35.4 Å². The Morgan fingerprint density at radius 1 is 0.882 bits per heavy atom. The third-order valence-corrected chi connectivity index (χ3v) is 7.82. The first kappa shape index (κ1) is 21.1. The number of unbranched alkanes of at least 4 members (excludes halogenated alkanes) is 1. The predicted octanol–water partition coefficient (Wildman–Crippen LogP) is 4.64. The average molecular weight is 458 g/mol. The third kappa shape index (κ3) is 3.35. The molecule has 1 aliphatic heterocycles. The summed E-state index contributed by atoms with van der Waals surface area (Å²) in [5.74, 6) is 1.53. The standard InChI is InChI=1S/C28H27NO5/c1-2-3-14-33-18-8-10-19(11-9-18)34-28(32)16-4-6-17(7-5-16)29-26(30)24-20-12-13-21(23-15-22(20)23)25(24)27(29)31/h4-13,20-25H,2-3,14-15H2,1H3/t20-,21-,22-,23-,24+,25+/m1/s1. The first-order valence-electron chi connectivity index (χ1n) is 12.2. The number of nitrogens with zero attached hydrogens (tertiary/aromatic N) is 1. The van der Waals surface area contributed by atoms with Crippen molar-refractivity contribution in [3.8, 4) is 11.5 Å². The lowest BCUT2D eigenvalue weighted by molar-refractivity contribution is -0.124. The molecule has 7 rings (SSSR count). The molecule has 2 aromatic carbocycles. The number of hydrogen-bond acceptors (Lipinski definition) is 5. The van der Waals surface area contributed by atoms with E-state index < -0.39 is 5.97 Å². The number of amides is 2. The fourth-order valence-corrected chi connectivity index (χ4v) is 6.06. The van der Waals surface area contributed by atoms with E-state index >= 15 is 0 Å². The van der Waals surface area contributed by atoms with Gasteiger partial charge in [-0.1, -0.05) is 25.5 Å². The van der Waals surface area contributed by atoms with Crippen molar-refractivity contribution in [2.75, 3.05) is 11.5 Å². The Hall–Kier alpha value is -3.41. The van der Waals surface area contributed by atoms with Gasteiger partial charge in [-0.25, -0.2) is 4.79 Å². The molecule has 1 saturated heterocycles. The number of allylic oxidation sites excluding steroid dienone is 2. The number of anilines is 1. The van der Waals surface area contributed by atoms with Crippen LogP contribution in [0.5, 0.6) is 11.5 Å². The molecule has 2 saturated carbocycles. The van der Waals surface area contributed by atoms with E-state index in [2.05, 4.69) is 19.1 Å². The number of esters is 1. The molecule has 0 radical (unpaired) electrons. The first-order valence-corrected chi connectivity index (χ1v) is 12.2. The van der Waals surface area contributed by atoms with Crippen LogP contribution in [0.4, 0.5) is 5.69 Å². The van der Waals surface area contributed by atoms with Crippen molar-refractivity contribution in [1.82, 2.24) is 0 Å². The molecule has 6 heteroatoms. The number of ether oxygens (including phenoxy) is 2. The molecule has 0 unspecified atom stereocenters. The van der Waals surface area contributed by atoms with Crippen LogP contribution in [0.15, 0.2) is 60.7 Å². The van der Waals surface area contributed by atoms with Crippen molar-refractivity contribution in [3.05, 3.63) is 66.2 Å². The highest BCUT2D eigenvalue weighted by atomic mass is 16.5. The summed E-state index contributed by atoms with van der Waals surface area (Å²) in [6, 6.07) is 13.5. The zero-order chi connectivity index (χ0) is 23.4. The highest BCUT2D eigenvalue weighted by molar-refractivity contribution is 6.22. The van der Waals surface area contributed by atoms with Gasteiger partial charge in [-0.3, -0.25) is 14.5 Å². The summed E-state index contributed by atoms with van der Waals surface area (Å²) in [5.41, 5.74) is 0.870. The molecule has 0 spiro atoms. The SMILES string of the molecule is CCCCOc1ccc(OC(=O)c2ccc(N3C(=O)[C@H]4[C@@H]5C=C[C@H]([C@H]6C[C@H]56)[C@@H]4C3=O)cc2)cc1. The average Bonchev–Trinajstić information content (AvgIpc) is 3.64. The van der Waals surface area contributed by atoms with Crippen molar-refractivity contribution in [2.24, 2.45) is 35.5 Å². The molecular formula is C28H27NO5. The summed E-state index contributed by atoms with van der Waals surface area (Å²) >= 11 is 0. The second-order valence-corrected chi connectivity index (χ2v) is 9.78. The number of carbonyl (C=O) groups is 3. The van der Waals surface area contributed by atoms with Gasteiger partial charge < -0.3 is 9.47 Å². The quantitative estimate of drug-likeness (QED) is 0.199. The van der Waals surface area contributed by atoms with Gasteiger partial charge in [0.1, 0.15) is 11.5 Å². The Bertz CT molecular complexity index is 1130. The molecule has 34 heavy (non-hydrogen) atoms. The topological polar surface area (TPSA) is 72.9 Å². The maximum absolute atomic E-state index is 13.2. The minimum absolute atomic E-state index is 0.101. The number of carbonyl (C=O) groups excluding carboxylic acids is 3. The number of hydrogen-bond donors (Lipinski definition) is 0. The fourth-order valence-electron chi connectivity index (χ4n) is 6.06. The molecule has 0 N–H and O–H groups in total. The Morgan fingerprint density at radius 3 is 2.06 bits per heavy atom. The second-order valence-electron chi connectivity index (χ2n) is 9.78. The van der Waals surface area contributed by atoms with Crippen molar-refractivity contribution in [2.45, 2.75) is 26.2 Å². The number of rotatable bonds is 7. The van der Waals surface area contributed by atoms with E-state index in [9.17, 15) is 14.4 Å². The van der Waals surface area contributed by atoms with Gasteiger partial charge in [-0.2, -0.15) is 0 Å². The highest BCUT2D eigenvalue weighted by Gasteiger charge is 2.67. The van der Waals surface area contributed by atoms with Crippen LogP contribution < -0.4 is 14.4 Å². The summed E-state index contributed by atoms with van der Waals surface area (Å²) in [7, 11) is 0. The lowest BCUT2D eigenvalue weighted by atomic mass is 9.63. The van der Waals surface area contributed by atoms with Crippen molar-refractivity contribution < 1.29 is 23.9 Å². The van der Waals surface area contributed by atoms with Crippen LogP contribution >= 0.6 is 0 Å². The maximum atomic E-state index is 13.2. The molecule has 2 aromatic rings. The maximum Gasteiger partial charge on any atom is 0.343 e. The molecule has 6 atom stereocenters. The molecule has 0 aromatic heterocycles. The van der Waals surface area contributed by atoms with E-state index in [-0.39, 0.29) is 35.5 Å². The van der Waals surface area contributed by atoms with Gasteiger partial charge in [0.25, 0.3) is 0 Å². The second kappa shape index (κ2) is 8.12. The van der Waals surface area contributed by atoms with E-state index in [1.165, 1.54) is 4.90 Å². The van der Waals surface area contributed by atoms with Crippen LogP contribution in [0, 0.1) is 35.5 Å². The molecule has 5 aliphatic rings. The first-order chi connectivity index (χ1) is 16.6. The Morgan fingerprint density at radius 2 is 1.47 bits per heavy atom. The predicted molar refractivity (Wildman–Crippen MR) is 125 cm³/mol.